The fourth-order valence-electron chi connectivity index (χ4n) is 0.909. The average molecular weight is 203 g/mol. The predicted molar refractivity (Wildman–Crippen MR) is 55.0 cm³/mol. The van der Waals surface area contributed by atoms with Crippen molar-refractivity contribution in [2.75, 3.05) is 19.7 Å². The third kappa shape index (κ3) is 6.86. The molecule has 0 rings (SSSR count). The van der Waals surface area contributed by atoms with E-state index in [9.17, 15) is 9.90 Å². The van der Waals surface area contributed by atoms with Crippen LogP contribution in [-0.4, -0.2) is 36.9 Å². The summed E-state index contributed by atoms with van der Waals surface area (Å²) in [6, 6.07) is 0. The number of carbonyl (C=O) groups is 1. The molecule has 0 saturated carbocycles. The Morgan fingerprint density at radius 3 is 2.64 bits per heavy atom. The van der Waals surface area contributed by atoms with E-state index < -0.39 is 0 Å². The summed E-state index contributed by atoms with van der Waals surface area (Å²) in [6.45, 7) is 7.20. The molecule has 14 heavy (non-hydrogen) atoms. The summed E-state index contributed by atoms with van der Waals surface area (Å²) in [5.74, 6) is 0.0455. The van der Waals surface area contributed by atoms with Gasteiger partial charge in [-0.25, -0.2) is 0 Å². The topological polar surface area (TPSA) is 58.6 Å². The van der Waals surface area contributed by atoms with E-state index in [0.717, 1.165) is 0 Å². The van der Waals surface area contributed by atoms with Crippen molar-refractivity contribution < 1.29 is 14.6 Å². The first-order valence-electron chi connectivity index (χ1n) is 5.12. The second kappa shape index (κ2) is 7.76. The molecule has 2 N–H and O–H groups in total. The van der Waals surface area contributed by atoms with Gasteiger partial charge in [-0.15, -0.1) is 0 Å². The Hall–Kier alpha value is -0.610. The first kappa shape index (κ1) is 13.4. The Balaban J connectivity index is 3.33. The largest absolute Gasteiger partial charge is 0.466 e. The summed E-state index contributed by atoms with van der Waals surface area (Å²) in [7, 11) is 0. The number of esters is 1. The SMILES string of the molecule is CCOC(=O)CCNCC(O)C(C)C. The molecule has 0 aliphatic rings. The van der Waals surface area contributed by atoms with E-state index >= 15 is 0 Å². The lowest BCUT2D eigenvalue weighted by molar-refractivity contribution is -0.143. The van der Waals surface area contributed by atoms with Gasteiger partial charge in [0.05, 0.1) is 19.1 Å². The van der Waals surface area contributed by atoms with E-state index in [0.29, 0.717) is 26.1 Å². The zero-order valence-corrected chi connectivity index (χ0v) is 9.25. The maximum Gasteiger partial charge on any atom is 0.307 e. The van der Waals surface area contributed by atoms with Crippen LogP contribution in [0.5, 0.6) is 0 Å². The van der Waals surface area contributed by atoms with Crippen molar-refractivity contribution >= 4 is 5.97 Å². The zero-order valence-electron chi connectivity index (χ0n) is 9.25. The standard InChI is InChI=1S/C10H21NO3/c1-4-14-10(13)5-6-11-7-9(12)8(2)3/h8-9,11-12H,4-7H2,1-3H3. The van der Waals surface area contributed by atoms with Crippen LogP contribution in [0.15, 0.2) is 0 Å². The molecule has 4 nitrogen and oxygen atoms in total. The Morgan fingerprint density at radius 2 is 2.14 bits per heavy atom. The molecule has 1 unspecified atom stereocenters. The Kier molecular flexibility index (Phi) is 7.42. The number of hydrogen-bond acceptors (Lipinski definition) is 4. The van der Waals surface area contributed by atoms with E-state index in [2.05, 4.69) is 5.32 Å². The van der Waals surface area contributed by atoms with Crippen LogP contribution in [0.1, 0.15) is 27.2 Å². The molecular formula is C10H21NO3. The van der Waals surface area contributed by atoms with Gasteiger partial charge in [-0.2, -0.15) is 0 Å². The number of rotatable bonds is 7. The van der Waals surface area contributed by atoms with Crippen molar-refractivity contribution in [2.45, 2.75) is 33.3 Å². The van der Waals surface area contributed by atoms with Gasteiger partial charge in [-0.3, -0.25) is 4.79 Å². The molecule has 0 saturated heterocycles. The summed E-state index contributed by atoms with van der Waals surface area (Å²) >= 11 is 0. The number of aliphatic hydroxyl groups excluding tert-OH is 1. The van der Waals surface area contributed by atoms with Gasteiger partial charge in [0, 0.05) is 13.1 Å². The minimum atomic E-state index is -0.350. The number of carbonyl (C=O) groups excluding carboxylic acids is 1. The summed E-state index contributed by atoms with van der Waals surface area (Å²) in [4.78, 5) is 10.9. The van der Waals surface area contributed by atoms with Crippen molar-refractivity contribution in [1.29, 1.82) is 0 Å². The first-order chi connectivity index (χ1) is 6.57. The highest BCUT2D eigenvalue weighted by atomic mass is 16.5. The highest BCUT2D eigenvalue weighted by molar-refractivity contribution is 5.69. The van der Waals surface area contributed by atoms with Crippen molar-refractivity contribution in [1.82, 2.24) is 5.32 Å². The molecule has 0 radical (unpaired) electrons. The second-order valence-electron chi connectivity index (χ2n) is 3.57. The Bertz CT molecular complexity index is 159. The minimum Gasteiger partial charge on any atom is -0.466 e. The third-order valence-corrected chi connectivity index (χ3v) is 1.93. The minimum absolute atomic E-state index is 0.195. The molecule has 0 aliphatic heterocycles. The lowest BCUT2D eigenvalue weighted by Crippen LogP contribution is -2.32. The second-order valence-corrected chi connectivity index (χ2v) is 3.57. The van der Waals surface area contributed by atoms with Gasteiger partial charge in [-0.05, 0) is 12.8 Å². The highest BCUT2D eigenvalue weighted by Crippen LogP contribution is 1.98. The number of ether oxygens (including phenoxy) is 1. The van der Waals surface area contributed by atoms with Crippen LogP contribution in [0.25, 0.3) is 0 Å². The normalized spacial score (nSPS) is 12.9. The van der Waals surface area contributed by atoms with Gasteiger partial charge in [0.15, 0.2) is 0 Å². The maximum atomic E-state index is 10.9. The number of hydrogen-bond donors (Lipinski definition) is 2. The fourth-order valence-corrected chi connectivity index (χ4v) is 0.909. The van der Waals surface area contributed by atoms with Crippen molar-refractivity contribution in [2.24, 2.45) is 5.92 Å². The molecule has 1 atom stereocenters. The Morgan fingerprint density at radius 1 is 1.50 bits per heavy atom. The van der Waals surface area contributed by atoms with Gasteiger partial charge in [0.2, 0.25) is 0 Å². The van der Waals surface area contributed by atoms with Gasteiger partial charge in [-0.1, -0.05) is 13.8 Å². The highest BCUT2D eigenvalue weighted by Gasteiger charge is 2.08. The summed E-state index contributed by atoms with van der Waals surface area (Å²) < 4.78 is 4.75. The van der Waals surface area contributed by atoms with Crippen LogP contribution in [0.2, 0.25) is 0 Å². The lowest BCUT2D eigenvalue weighted by Gasteiger charge is -2.14. The van der Waals surface area contributed by atoms with E-state index in [-0.39, 0.29) is 18.0 Å². The quantitative estimate of drug-likeness (QED) is 0.468. The molecule has 4 heteroatoms. The first-order valence-corrected chi connectivity index (χ1v) is 5.12. The van der Waals surface area contributed by atoms with Gasteiger partial charge in [0.25, 0.3) is 0 Å². The van der Waals surface area contributed by atoms with Crippen molar-refractivity contribution in [3.05, 3.63) is 0 Å². The third-order valence-electron chi connectivity index (χ3n) is 1.93. The van der Waals surface area contributed by atoms with Gasteiger partial charge < -0.3 is 15.2 Å². The van der Waals surface area contributed by atoms with Crippen LogP contribution in [0, 0.1) is 5.92 Å². The summed E-state index contributed by atoms with van der Waals surface area (Å²) in [6.07, 6.45) is 0.00996. The molecule has 0 amide bonds. The predicted octanol–water partition coefficient (Wildman–Crippen LogP) is 0.546. The van der Waals surface area contributed by atoms with Crippen molar-refractivity contribution in [3.63, 3.8) is 0 Å². The monoisotopic (exact) mass is 203 g/mol. The van der Waals surface area contributed by atoms with Crippen LogP contribution in [0.4, 0.5) is 0 Å². The summed E-state index contributed by atoms with van der Waals surface area (Å²) in [5, 5.41) is 12.4. The van der Waals surface area contributed by atoms with Crippen molar-refractivity contribution in [3.8, 4) is 0 Å². The molecule has 0 heterocycles. The molecule has 0 bridgehead atoms. The molecule has 0 fully saturated rings. The summed E-state index contributed by atoms with van der Waals surface area (Å²) in [5.41, 5.74) is 0. The molecule has 0 aromatic rings. The molecule has 0 spiro atoms. The van der Waals surface area contributed by atoms with Crippen LogP contribution >= 0.6 is 0 Å². The van der Waals surface area contributed by atoms with Gasteiger partial charge in [0.1, 0.15) is 0 Å². The van der Waals surface area contributed by atoms with Gasteiger partial charge >= 0.3 is 5.97 Å². The lowest BCUT2D eigenvalue weighted by atomic mass is 10.1. The van der Waals surface area contributed by atoms with Crippen LogP contribution in [0.3, 0.4) is 0 Å². The molecule has 84 valence electrons. The smallest absolute Gasteiger partial charge is 0.307 e. The van der Waals surface area contributed by atoms with Crippen LogP contribution < -0.4 is 5.32 Å². The van der Waals surface area contributed by atoms with E-state index in [4.69, 9.17) is 4.74 Å². The molecule has 0 aromatic heterocycles. The fraction of sp³-hybridized carbons (Fsp3) is 0.900. The van der Waals surface area contributed by atoms with Crippen LogP contribution in [-0.2, 0) is 9.53 Å². The number of aliphatic hydroxyl groups is 1. The molecule has 0 aliphatic carbocycles. The van der Waals surface area contributed by atoms with E-state index in [1.54, 1.807) is 6.92 Å². The number of nitrogens with one attached hydrogen (secondary N) is 1. The average Bonchev–Trinajstić information content (AvgIpc) is 2.12. The molecular weight excluding hydrogens is 182 g/mol. The maximum absolute atomic E-state index is 10.9. The Labute approximate surface area is 85.6 Å². The molecule has 0 aromatic carbocycles. The zero-order chi connectivity index (χ0) is 11.0. The van der Waals surface area contributed by atoms with E-state index in [1.807, 2.05) is 13.8 Å². The van der Waals surface area contributed by atoms with E-state index in [1.165, 1.54) is 0 Å².